The first kappa shape index (κ1) is 24.1. The number of thioether (sulfide) groups is 1. The van der Waals surface area contributed by atoms with Gasteiger partial charge >= 0.3 is 5.56 Å². The van der Waals surface area contributed by atoms with Crippen molar-refractivity contribution >= 4 is 28.8 Å². The van der Waals surface area contributed by atoms with E-state index < -0.39 is 11.4 Å². The van der Waals surface area contributed by atoms with Gasteiger partial charge in [0.25, 0.3) is 0 Å². The van der Waals surface area contributed by atoms with E-state index in [0.717, 1.165) is 24.2 Å². The Hall–Kier alpha value is -2.66. The molecule has 8 nitrogen and oxygen atoms in total. The molecule has 2 heterocycles. The maximum Gasteiger partial charge on any atom is 0.316 e. The fraction of sp³-hybridized carbons (Fsp3) is 0.360. The first-order valence-corrected chi connectivity index (χ1v) is 14.0. The number of ether oxygens (including phenoxy) is 1. The smallest absolute Gasteiger partial charge is 0.316 e. The number of benzene rings is 2. The van der Waals surface area contributed by atoms with Gasteiger partial charge in [-0.15, -0.1) is 4.31 Å². The zero-order valence-electron chi connectivity index (χ0n) is 19.3. The van der Waals surface area contributed by atoms with Crippen LogP contribution in [0.25, 0.3) is 5.69 Å². The topological polar surface area (TPSA) is 93.9 Å². The molecule has 1 N–H and O–H groups in total. The minimum atomic E-state index is -1.15. The molecule has 2 aromatic carbocycles. The van der Waals surface area contributed by atoms with Gasteiger partial charge in [0, 0.05) is 18.0 Å². The van der Waals surface area contributed by atoms with Crippen LogP contribution >= 0.6 is 11.8 Å². The normalized spacial score (nSPS) is 17.7. The van der Waals surface area contributed by atoms with Gasteiger partial charge in [0.2, 0.25) is 5.75 Å². The Balaban J connectivity index is 1.27. The molecule has 5 rings (SSSR count). The summed E-state index contributed by atoms with van der Waals surface area (Å²) in [6.07, 6.45) is 4.80. The summed E-state index contributed by atoms with van der Waals surface area (Å²) in [5.41, 5.74) is 1.15. The number of phenolic OH excluding ortho intramolecular Hbond substituents is 1. The lowest BCUT2D eigenvalue weighted by Gasteiger charge is -2.36. The molecule has 1 saturated heterocycles. The summed E-state index contributed by atoms with van der Waals surface area (Å²) in [5.74, 6) is 0.555. The van der Waals surface area contributed by atoms with Crippen molar-refractivity contribution in [1.29, 1.82) is 0 Å². The van der Waals surface area contributed by atoms with Crippen LogP contribution < -0.4 is 15.2 Å². The molecule has 1 aliphatic carbocycles. The second kappa shape index (κ2) is 10.9. The van der Waals surface area contributed by atoms with Crippen molar-refractivity contribution in [2.24, 2.45) is 0 Å². The molecule has 0 radical (unpaired) electrons. The van der Waals surface area contributed by atoms with Crippen LogP contribution in [0.1, 0.15) is 19.3 Å². The van der Waals surface area contributed by atoms with E-state index in [-0.39, 0.29) is 17.4 Å². The van der Waals surface area contributed by atoms with Crippen molar-refractivity contribution < 1.29 is 14.4 Å². The van der Waals surface area contributed by atoms with E-state index >= 15 is 0 Å². The zero-order chi connectivity index (χ0) is 24.2. The van der Waals surface area contributed by atoms with Crippen LogP contribution in [-0.4, -0.2) is 61.1 Å². The third-order valence-corrected chi connectivity index (χ3v) is 9.07. The number of piperazine rings is 1. The molecule has 0 bridgehead atoms. The fourth-order valence-electron chi connectivity index (χ4n) is 4.07. The van der Waals surface area contributed by atoms with Gasteiger partial charge in [-0.2, -0.15) is 9.78 Å². The maximum absolute atomic E-state index is 13.4. The Kier molecular flexibility index (Phi) is 7.52. The van der Waals surface area contributed by atoms with Gasteiger partial charge in [0.05, 0.1) is 42.4 Å². The third kappa shape index (κ3) is 5.61. The van der Waals surface area contributed by atoms with Crippen molar-refractivity contribution in [3.05, 3.63) is 71.1 Å². The predicted molar refractivity (Wildman–Crippen MR) is 139 cm³/mol. The molecule has 2 aliphatic rings. The maximum atomic E-state index is 13.4. The summed E-state index contributed by atoms with van der Waals surface area (Å²) in [5, 5.41) is 14.5. The number of nitrogens with zero attached hydrogens (tertiary/aromatic N) is 4. The Morgan fingerprint density at radius 1 is 1.09 bits per heavy atom. The number of rotatable bonds is 8. The molecule has 3 aromatic rings. The van der Waals surface area contributed by atoms with Crippen LogP contribution in [0.3, 0.4) is 0 Å². The predicted octanol–water partition coefficient (Wildman–Crippen LogP) is 3.40. The largest absolute Gasteiger partial charge is 0.597 e. The highest BCUT2D eigenvalue weighted by molar-refractivity contribution is 8.11. The van der Waals surface area contributed by atoms with Crippen molar-refractivity contribution in [1.82, 2.24) is 14.1 Å². The second-order valence-electron chi connectivity index (χ2n) is 8.58. The molecule has 2 fully saturated rings. The number of hydrogen-bond acceptors (Lipinski definition) is 8. The van der Waals surface area contributed by atoms with Gasteiger partial charge in [-0.25, -0.2) is 0 Å². The summed E-state index contributed by atoms with van der Waals surface area (Å²) in [6, 6.07) is 16.3. The highest BCUT2D eigenvalue weighted by atomic mass is 32.3. The van der Waals surface area contributed by atoms with E-state index in [4.69, 9.17) is 4.74 Å². The molecule has 1 aliphatic heterocycles. The van der Waals surface area contributed by atoms with Gasteiger partial charge in [-0.05, 0) is 49.6 Å². The molecule has 1 saturated carbocycles. The lowest BCUT2D eigenvalue weighted by molar-refractivity contribution is 0.118. The summed E-state index contributed by atoms with van der Waals surface area (Å²) in [4.78, 5) is 16.4. The average molecular weight is 513 g/mol. The molecule has 0 spiro atoms. The third-order valence-electron chi connectivity index (χ3n) is 6.26. The van der Waals surface area contributed by atoms with Gasteiger partial charge in [0.1, 0.15) is 11.4 Å². The zero-order valence-corrected chi connectivity index (χ0v) is 20.9. The van der Waals surface area contributed by atoms with Crippen LogP contribution in [0, 0.1) is 0 Å². The van der Waals surface area contributed by atoms with E-state index in [1.807, 2.05) is 40.7 Å². The molecule has 184 valence electrons. The first-order chi connectivity index (χ1) is 17.1. The minimum Gasteiger partial charge on any atom is -0.597 e. The highest BCUT2D eigenvalue weighted by Crippen LogP contribution is 2.31. The van der Waals surface area contributed by atoms with E-state index in [9.17, 15) is 14.5 Å². The van der Waals surface area contributed by atoms with Gasteiger partial charge < -0.3 is 19.3 Å². The standard InChI is InChI=1S/C25H28N4O4S2/c30-20-8-4-11-22(16-20)34-18-35(32)28-14-12-27(13-15-28)23-17-26-29(19-6-2-1-3-7-19)25(31)24(23)33-21-9-5-10-21/h1-4,6-8,11,16-17,21,30H,5,9-10,12-15,18H2. The van der Waals surface area contributed by atoms with Gasteiger partial charge in [0.15, 0.2) is 5.08 Å². The number of phenols is 1. The van der Waals surface area contributed by atoms with E-state index in [2.05, 4.69) is 10.00 Å². The molecular weight excluding hydrogens is 484 g/mol. The molecular formula is C25H28N4O4S2. The summed E-state index contributed by atoms with van der Waals surface area (Å²) in [6.45, 7) is 2.47. The van der Waals surface area contributed by atoms with E-state index in [1.165, 1.54) is 16.4 Å². The Morgan fingerprint density at radius 3 is 2.54 bits per heavy atom. The molecule has 1 aromatic heterocycles. The van der Waals surface area contributed by atoms with Crippen molar-refractivity contribution in [2.45, 2.75) is 30.3 Å². The van der Waals surface area contributed by atoms with Crippen LogP contribution in [0.4, 0.5) is 5.69 Å². The summed E-state index contributed by atoms with van der Waals surface area (Å²) >= 11 is 0.314. The molecule has 0 amide bonds. The SMILES string of the molecule is O=c1c(OC2CCC2)c(N2CCN([S+]([O-])CSc3cccc(O)c3)CC2)cnn1-c1ccccc1. The minimum absolute atomic E-state index is 0.0660. The number of para-hydroxylation sites is 1. The first-order valence-electron chi connectivity index (χ1n) is 11.7. The number of anilines is 1. The number of aromatic hydroxyl groups is 1. The number of aromatic nitrogens is 2. The van der Waals surface area contributed by atoms with Crippen LogP contribution in [0.2, 0.25) is 0 Å². The van der Waals surface area contributed by atoms with Crippen LogP contribution in [-0.2, 0) is 11.4 Å². The van der Waals surface area contributed by atoms with Gasteiger partial charge in [-0.3, -0.25) is 4.79 Å². The Morgan fingerprint density at radius 2 is 1.86 bits per heavy atom. The molecule has 35 heavy (non-hydrogen) atoms. The average Bonchev–Trinajstić information content (AvgIpc) is 2.86. The Labute approximate surface area is 211 Å². The monoisotopic (exact) mass is 512 g/mol. The van der Waals surface area contributed by atoms with Crippen molar-refractivity contribution in [3.8, 4) is 17.2 Å². The van der Waals surface area contributed by atoms with E-state index in [1.54, 1.807) is 24.4 Å². The van der Waals surface area contributed by atoms with Crippen LogP contribution in [0.5, 0.6) is 11.5 Å². The van der Waals surface area contributed by atoms with Crippen LogP contribution in [0.15, 0.2) is 70.5 Å². The lowest BCUT2D eigenvalue weighted by atomic mass is 9.96. The highest BCUT2D eigenvalue weighted by Gasteiger charge is 2.30. The van der Waals surface area contributed by atoms with E-state index in [0.29, 0.717) is 48.4 Å². The summed E-state index contributed by atoms with van der Waals surface area (Å²) in [7, 11) is 0. The summed E-state index contributed by atoms with van der Waals surface area (Å²) < 4.78 is 22.4. The second-order valence-corrected chi connectivity index (χ2v) is 11.4. The van der Waals surface area contributed by atoms with Gasteiger partial charge in [-0.1, -0.05) is 36.0 Å². The molecule has 1 atom stereocenters. The van der Waals surface area contributed by atoms with Crippen molar-refractivity contribution in [2.75, 3.05) is 36.2 Å². The molecule has 1 unspecified atom stereocenters. The quantitative estimate of drug-likeness (QED) is 0.363. The lowest BCUT2D eigenvalue weighted by Crippen LogP contribution is -2.49. The van der Waals surface area contributed by atoms with Crippen molar-refractivity contribution in [3.63, 3.8) is 0 Å². The number of hydrogen-bond donors (Lipinski definition) is 1. The Bertz CT molecular complexity index is 1200. The molecule has 10 heteroatoms. The fourth-order valence-corrected chi connectivity index (χ4v) is 6.57.